The van der Waals surface area contributed by atoms with Gasteiger partial charge < -0.3 is 14.8 Å². The number of alkyl carbamates (subject to hydrolysis) is 1. The molecule has 0 aliphatic rings. The van der Waals surface area contributed by atoms with Gasteiger partial charge in [0.1, 0.15) is 11.6 Å². The van der Waals surface area contributed by atoms with Crippen LogP contribution in [0.25, 0.3) is 0 Å². The highest BCUT2D eigenvalue weighted by Gasteiger charge is 2.27. The molecule has 0 saturated heterocycles. The first-order chi connectivity index (χ1) is 16.1. The van der Waals surface area contributed by atoms with Crippen molar-refractivity contribution in [3.63, 3.8) is 0 Å². The summed E-state index contributed by atoms with van der Waals surface area (Å²) in [5.41, 5.74) is -0.138. The van der Waals surface area contributed by atoms with Crippen molar-refractivity contribution in [3.05, 3.63) is 39.9 Å². The van der Waals surface area contributed by atoms with Crippen LogP contribution >= 0.6 is 11.8 Å². The zero-order valence-corrected chi connectivity index (χ0v) is 23.6. The molecule has 2 atom stereocenters. The normalized spacial score (nSPS) is 13.1. The van der Waals surface area contributed by atoms with Crippen molar-refractivity contribution in [3.8, 4) is 0 Å². The van der Waals surface area contributed by atoms with E-state index in [-0.39, 0.29) is 16.7 Å². The first kappa shape index (κ1) is 32.7. The lowest BCUT2D eigenvalue weighted by Crippen LogP contribution is -2.45. The highest BCUT2D eigenvalue weighted by molar-refractivity contribution is 7.99. The van der Waals surface area contributed by atoms with E-state index in [1.807, 2.05) is 0 Å². The second-order valence-corrected chi connectivity index (χ2v) is 10.9. The zero-order valence-electron chi connectivity index (χ0n) is 22.8. The molecule has 0 aliphatic heterocycles. The molecule has 0 saturated carbocycles. The van der Waals surface area contributed by atoms with E-state index in [1.165, 1.54) is 24.9 Å². The van der Waals surface area contributed by atoms with Gasteiger partial charge in [0.05, 0.1) is 12.0 Å². The maximum Gasteiger partial charge on any atom is 0.408 e. The largest absolute Gasteiger partial charge is 0.467 e. The van der Waals surface area contributed by atoms with E-state index in [1.54, 1.807) is 45.9 Å². The summed E-state index contributed by atoms with van der Waals surface area (Å²) in [6.07, 6.45) is -0.730. The van der Waals surface area contributed by atoms with Crippen LogP contribution in [-0.4, -0.2) is 65.0 Å². The van der Waals surface area contributed by atoms with Crippen molar-refractivity contribution in [2.45, 2.75) is 91.3 Å². The molecular formula is C25H43N3O6S. The van der Waals surface area contributed by atoms with Gasteiger partial charge in [0.15, 0.2) is 0 Å². The van der Waals surface area contributed by atoms with Crippen LogP contribution in [0.3, 0.4) is 0 Å². The van der Waals surface area contributed by atoms with Gasteiger partial charge in [0.25, 0.3) is 5.69 Å². The Kier molecular flexibility index (Phi) is 14.6. The maximum atomic E-state index is 11.9. The van der Waals surface area contributed by atoms with Gasteiger partial charge in [-0.05, 0) is 61.9 Å². The number of ether oxygens (including phenoxy) is 2. The number of amides is 1. The number of rotatable bonds is 10. The van der Waals surface area contributed by atoms with Gasteiger partial charge in [-0.1, -0.05) is 25.1 Å². The summed E-state index contributed by atoms with van der Waals surface area (Å²) in [5, 5.41) is 13.4. The molecular weight excluding hydrogens is 470 g/mol. The first-order valence-corrected chi connectivity index (χ1v) is 12.9. The number of thioether (sulfide) groups is 1. The number of benzene rings is 1. The molecule has 1 aromatic rings. The molecule has 1 aromatic carbocycles. The lowest BCUT2D eigenvalue weighted by molar-refractivity contribution is -0.385. The molecule has 1 unspecified atom stereocenters. The van der Waals surface area contributed by atoms with E-state index in [2.05, 4.69) is 44.8 Å². The first-order valence-electron chi connectivity index (χ1n) is 11.8. The minimum atomic E-state index is -0.926. The minimum Gasteiger partial charge on any atom is -0.467 e. The van der Waals surface area contributed by atoms with E-state index in [0.29, 0.717) is 17.6 Å². The Morgan fingerprint density at radius 3 is 2.06 bits per heavy atom. The van der Waals surface area contributed by atoms with E-state index < -0.39 is 28.6 Å². The zero-order chi connectivity index (χ0) is 27.3. The monoisotopic (exact) mass is 513 g/mol. The molecule has 0 spiro atoms. The predicted molar refractivity (Wildman–Crippen MR) is 142 cm³/mol. The molecule has 1 rings (SSSR count). The lowest BCUT2D eigenvalue weighted by Gasteiger charge is -2.28. The molecule has 200 valence electrons. The molecule has 35 heavy (non-hydrogen) atoms. The molecule has 1 amide bonds. The third-order valence-electron chi connectivity index (χ3n) is 4.95. The Morgan fingerprint density at radius 2 is 1.66 bits per heavy atom. The molecule has 0 bridgehead atoms. The molecule has 0 heterocycles. The van der Waals surface area contributed by atoms with Crippen molar-refractivity contribution in [1.29, 1.82) is 0 Å². The van der Waals surface area contributed by atoms with Crippen LogP contribution in [0.2, 0.25) is 0 Å². The Hall–Kier alpha value is -2.33. The number of carbonyl (C=O) groups is 2. The quantitative estimate of drug-likeness (QED) is 0.245. The SMILES string of the molecule is CCN(C(C)C)C(C)C.COC(=O)[C@@H](CSC(C)c1ccccc1[N+](=O)[O-])NC(=O)OC(C)(C)C. The summed E-state index contributed by atoms with van der Waals surface area (Å²) in [5.74, 6) is -0.433. The van der Waals surface area contributed by atoms with Crippen LogP contribution in [0.1, 0.15) is 73.1 Å². The number of nitrogens with one attached hydrogen (secondary N) is 1. The van der Waals surface area contributed by atoms with Gasteiger partial charge in [-0.3, -0.25) is 15.0 Å². The van der Waals surface area contributed by atoms with Crippen LogP contribution < -0.4 is 5.32 Å². The summed E-state index contributed by atoms with van der Waals surface area (Å²) in [4.78, 5) is 37.0. The maximum absolute atomic E-state index is 11.9. The molecule has 1 N–H and O–H groups in total. The summed E-state index contributed by atoms with van der Waals surface area (Å²) in [7, 11) is 1.22. The second kappa shape index (κ2) is 15.6. The standard InChI is InChI=1S/C17H24N2O6S.C8H19N/c1-11(12-8-6-7-9-14(12)19(22)23)26-10-13(15(20)24-5)18-16(21)25-17(2,3)4;1-6-9(7(2)3)8(4)5/h6-9,11,13H,10H2,1-5H3,(H,18,21);7-8H,6H2,1-5H3/t11?,13-;/m1./s1. The summed E-state index contributed by atoms with van der Waals surface area (Å²) in [6.45, 7) is 19.3. The Bertz CT molecular complexity index is 803. The van der Waals surface area contributed by atoms with E-state index in [4.69, 9.17) is 9.47 Å². The van der Waals surface area contributed by atoms with E-state index in [9.17, 15) is 19.7 Å². The van der Waals surface area contributed by atoms with Gasteiger partial charge in [-0.15, -0.1) is 0 Å². The van der Waals surface area contributed by atoms with Crippen LogP contribution in [0.15, 0.2) is 24.3 Å². The average Bonchev–Trinajstić information content (AvgIpc) is 2.74. The van der Waals surface area contributed by atoms with E-state index >= 15 is 0 Å². The predicted octanol–water partition coefficient (Wildman–Crippen LogP) is 5.58. The highest BCUT2D eigenvalue weighted by atomic mass is 32.2. The number of nitro benzene ring substituents is 1. The van der Waals surface area contributed by atoms with Crippen LogP contribution in [0, 0.1) is 10.1 Å². The molecule has 0 aliphatic carbocycles. The van der Waals surface area contributed by atoms with Crippen LogP contribution in [0.5, 0.6) is 0 Å². The van der Waals surface area contributed by atoms with Crippen molar-refractivity contribution in [2.24, 2.45) is 0 Å². The van der Waals surface area contributed by atoms with Gasteiger partial charge >= 0.3 is 12.1 Å². The second-order valence-electron chi connectivity index (χ2n) is 9.53. The van der Waals surface area contributed by atoms with Gasteiger partial charge in [-0.25, -0.2) is 9.59 Å². The lowest BCUT2D eigenvalue weighted by atomic mass is 10.1. The van der Waals surface area contributed by atoms with E-state index in [0.717, 1.165) is 6.54 Å². The third kappa shape index (κ3) is 12.8. The Morgan fingerprint density at radius 1 is 1.11 bits per heavy atom. The van der Waals surface area contributed by atoms with Crippen molar-refractivity contribution in [1.82, 2.24) is 10.2 Å². The van der Waals surface area contributed by atoms with Gasteiger partial charge in [-0.2, -0.15) is 11.8 Å². The van der Waals surface area contributed by atoms with Gasteiger partial charge in [0.2, 0.25) is 0 Å². The summed E-state index contributed by atoms with van der Waals surface area (Å²) in [6, 6.07) is 6.87. The number of hydrogen-bond acceptors (Lipinski definition) is 8. The van der Waals surface area contributed by atoms with Crippen molar-refractivity contribution < 1.29 is 24.0 Å². The average molecular weight is 514 g/mol. The van der Waals surface area contributed by atoms with Crippen molar-refractivity contribution in [2.75, 3.05) is 19.4 Å². The molecule has 0 radical (unpaired) electrons. The fraction of sp³-hybridized carbons (Fsp3) is 0.680. The Balaban J connectivity index is 0.00000109. The number of nitro groups is 1. The topological polar surface area (TPSA) is 111 Å². The molecule has 0 aromatic heterocycles. The number of para-hydroxylation sites is 1. The van der Waals surface area contributed by atoms with Crippen LogP contribution in [-0.2, 0) is 14.3 Å². The number of hydrogen-bond donors (Lipinski definition) is 1. The number of nitrogens with zero attached hydrogens (tertiary/aromatic N) is 2. The number of methoxy groups -OCH3 is 1. The molecule has 10 heteroatoms. The molecule has 9 nitrogen and oxygen atoms in total. The fourth-order valence-electron chi connectivity index (χ4n) is 3.42. The smallest absolute Gasteiger partial charge is 0.408 e. The third-order valence-corrected chi connectivity index (χ3v) is 6.23. The molecule has 0 fully saturated rings. The van der Waals surface area contributed by atoms with Gasteiger partial charge in [0, 0.05) is 34.7 Å². The number of esters is 1. The highest BCUT2D eigenvalue weighted by Crippen LogP contribution is 2.34. The summed E-state index contributed by atoms with van der Waals surface area (Å²) < 4.78 is 9.86. The Labute approximate surface area is 214 Å². The fourth-order valence-corrected chi connectivity index (χ4v) is 4.49. The minimum absolute atomic E-state index is 0.0159. The number of carbonyl (C=O) groups excluding carboxylic acids is 2. The van der Waals surface area contributed by atoms with Crippen molar-refractivity contribution >= 4 is 29.5 Å². The van der Waals surface area contributed by atoms with Crippen LogP contribution in [0.4, 0.5) is 10.5 Å². The summed E-state index contributed by atoms with van der Waals surface area (Å²) >= 11 is 1.30.